The SMILES string of the molecule is CCC(CO)[N+](C)(C)[O-]. The van der Waals surface area contributed by atoms with Crippen LogP contribution in [0.15, 0.2) is 0 Å². The lowest BCUT2D eigenvalue weighted by atomic mass is 10.2. The van der Waals surface area contributed by atoms with Gasteiger partial charge in [0.05, 0.1) is 20.7 Å². The van der Waals surface area contributed by atoms with Gasteiger partial charge >= 0.3 is 0 Å². The van der Waals surface area contributed by atoms with Gasteiger partial charge in [0.25, 0.3) is 0 Å². The van der Waals surface area contributed by atoms with E-state index < -0.39 is 4.65 Å². The minimum Gasteiger partial charge on any atom is -0.633 e. The fourth-order valence-corrected chi connectivity index (χ4v) is 0.765. The molecule has 0 aromatic heterocycles. The quantitative estimate of drug-likeness (QED) is 0.445. The predicted molar refractivity (Wildman–Crippen MR) is 36.6 cm³/mol. The zero-order valence-electron chi connectivity index (χ0n) is 6.29. The standard InChI is InChI=1S/C6H15NO2/c1-4-6(5-8)7(2,3)9/h6,8H,4-5H2,1-3H3. The van der Waals surface area contributed by atoms with E-state index in [4.69, 9.17) is 5.11 Å². The largest absolute Gasteiger partial charge is 0.633 e. The lowest BCUT2D eigenvalue weighted by molar-refractivity contribution is -0.867. The first kappa shape index (κ1) is 8.88. The summed E-state index contributed by atoms with van der Waals surface area (Å²) in [5, 5.41) is 19.7. The zero-order valence-corrected chi connectivity index (χ0v) is 6.29. The fraction of sp³-hybridized carbons (Fsp3) is 1.00. The van der Waals surface area contributed by atoms with Crippen LogP contribution in [0, 0.1) is 5.21 Å². The number of nitrogens with zero attached hydrogens (tertiary/aromatic N) is 1. The zero-order chi connectivity index (χ0) is 7.49. The van der Waals surface area contributed by atoms with Crippen molar-refractivity contribution in [3.8, 4) is 0 Å². The molecule has 0 fully saturated rings. The van der Waals surface area contributed by atoms with E-state index in [0.717, 1.165) is 6.42 Å². The van der Waals surface area contributed by atoms with E-state index in [1.54, 1.807) is 14.1 Å². The molecular weight excluding hydrogens is 118 g/mol. The number of hydrogen-bond donors (Lipinski definition) is 1. The normalized spacial score (nSPS) is 15.7. The Balaban J connectivity index is 3.79. The second-order valence-corrected chi connectivity index (χ2v) is 2.68. The first-order valence-corrected chi connectivity index (χ1v) is 3.18. The van der Waals surface area contributed by atoms with Gasteiger partial charge in [0.1, 0.15) is 6.04 Å². The molecule has 0 aliphatic carbocycles. The van der Waals surface area contributed by atoms with Gasteiger partial charge in [-0.2, -0.15) is 0 Å². The van der Waals surface area contributed by atoms with E-state index in [0.29, 0.717) is 0 Å². The molecule has 0 heterocycles. The highest BCUT2D eigenvalue weighted by molar-refractivity contribution is 4.52. The Kier molecular flexibility index (Phi) is 3.11. The molecule has 0 aliphatic rings. The van der Waals surface area contributed by atoms with Crippen LogP contribution in [-0.2, 0) is 0 Å². The molecule has 0 radical (unpaired) electrons. The van der Waals surface area contributed by atoms with E-state index in [2.05, 4.69) is 0 Å². The van der Waals surface area contributed by atoms with Crippen LogP contribution in [0.3, 0.4) is 0 Å². The van der Waals surface area contributed by atoms with Crippen LogP contribution in [0.4, 0.5) is 0 Å². The Morgan fingerprint density at radius 1 is 1.56 bits per heavy atom. The Morgan fingerprint density at radius 2 is 2.00 bits per heavy atom. The van der Waals surface area contributed by atoms with Crippen LogP contribution < -0.4 is 0 Å². The van der Waals surface area contributed by atoms with Crippen molar-refractivity contribution in [1.82, 2.24) is 0 Å². The van der Waals surface area contributed by atoms with Crippen LogP contribution in [0.25, 0.3) is 0 Å². The smallest absolute Gasteiger partial charge is 0.111 e. The maximum absolute atomic E-state index is 11.0. The Hall–Kier alpha value is -0.120. The summed E-state index contributed by atoms with van der Waals surface area (Å²) in [5.74, 6) is 0. The summed E-state index contributed by atoms with van der Waals surface area (Å²) in [6.07, 6.45) is 0.729. The molecule has 3 nitrogen and oxygen atoms in total. The first-order chi connectivity index (χ1) is 4.02. The molecule has 0 aromatic carbocycles. The lowest BCUT2D eigenvalue weighted by Crippen LogP contribution is -2.45. The second-order valence-electron chi connectivity index (χ2n) is 2.68. The van der Waals surface area contributed by atoms with Gasteiger partial charge in [0.15, 0.2) is 0 Å². The van der Waals surface area contributed by atoms with Crippen molar-refractivity contribution < 1.29 is 9.75 Å². The molecule has 1 N–H and O–H groups in total. The monoisotopic (exact) mass is 133 g/mol. The number of quaternary nitrogens is 1. The van der Waals surface area contributed by atoms with E-state index in [1.807, 2.05) is 6.92 Å². The highest BCUT2D eigenvalue weighted by Gasteiger charge is 2.15. The number of likely N-dealkylation sites (N-methyl/N-ethyl adjacent to an activating group) is 1. The van der Waals surface area contributed by atoms with Crippen molar-refractivity contribution in [2.45, 2.75) is 19.4 Å². The molecule has 3 heteroatoms. The number of rotatable bonds is 3. The minimum atomic E-state index is -0.396. The van der Waals surface area contributed by atoms with E-state index in [-0.39, 0.29) is 12.6 Å². The van der Waals surface area contributed by atoms with Gasteiger partial charge in [-0.1, -0.05) is 6.92 Å². The van der Waals surface area contributed by atoms with Crippen molar-refractivity contribution in [3.63, 3.8) is 0 Å². The molecule has 0 rings (SSSR count). The average Bonchev–Trinajstić information content (AvgIpc) is 1.65. The predicted octanol–water partition coefficient (Wildman–Crippen LogP) is 0.332. The van der Waals surface area contributed by atoms with Gasteiger partial charge in [0.2, 0.25) is 0 Å². The summed E-state index contributed by atoms with van der Waals surface area (Å²) in [7, 11) is 3.09. The summed E-state index contributed by atoms with van der Waals surface area (Å²) in [6, 6.07) is -0.162. The van der Waals surface area contributed by atoms with Crippen LogP contribution in [0.1, 0.15) is 13.3 Å². The summed E-state index contributed by atoms with van der Waals surface area (Å²) in [4.78, 5) is 0. The molecule has 0 saturated heterocycles. The Labute approximate surface area is 56.1 Å². The third kappa shape index (κ3) is 2.79. The van der Waals surface area contributed by atoms with Gasteiger partial charge < -0.3 is 15.0 Å². The molecule has 1 atom stereocenters. The summed E-state index contributed by atoms with van der Waals surface area (Å²) in [5.41, 5.74) is 0. The van der Waals surface area contributed by atoms with Gasteiger partial charge in [-0.3, -0.25) is 0 Å². The maximum Gasteiger partial charge on any atom is 0.111 e. The van der Waals surface area contributed by atoms with Crippen LogP contribution in [-0.4, -0.2) is 36.5 Å². The molecule has 0 aliphatic heterocycles. The topological polar surface area (TPSA) is 43.3 Å². The summed E-state index contributed by atoms with van der Waals surface area (Å²) < 4.78 is -0.396. The van der Waals surface area contributed by atoms with E-state index in [1.165, 1.54) is 0 Å². The van der Waals surface area contributed by atoms with Crippen LogP contribution in [0.5, 0.6) is 0 Å². The molecule has 0 amide bonds. The highest BCUT2D eigenvalue weighted by atomic mass is 16.5. The van der Waals surface area contributed by atoms with Crippen molar-refractivity contribution in [1.29, 1.82) is 0 Å². The first-order valence-electron chi connectivity index (χ1n) is 3.18. The van der Waals surface area contributed by atoms with Crippen molar-refractivity contribution in [3.05, 3.63) is 5.21 Å². The molecule has 9 heavy (non-hydrogen) atoms. The number of hydrogen-bond acceptors (Lipinski definition) is 2. The van der Waals surface area contributed by atoms with Gasteiger partial charge in [-0.15, -0.1) is 0 Å². The van der Waals surface area contributed by atoms with Crippen molar-refractivity contribution in [2.24, 2.45) is 0 Å². The van der Waals surface area contributed by atoms with Crippen molar-refractivity contribution in [2.75, 3.05) is 20.7 Å². The third-order valence-corrected chi connectivity index (χ3v) is 1.56. The molecule has 0 aromatic rings. The average molecular weight is 133 g/mol. The van der Waals surface area contributed by atoms with Crippen LogP contribution in [0.2, 0.25) is 0 Å². The third-order valence-electron chi connectivity index (χ3n) is 1.56. The molecule has 56 valence electrons. The van der Waals surface area contributed by atoms with Gasteiger partial charge in [-0.25, -0.2) is 0 Å². The molecular formula is C6H15NO2. The molecule has 0 spiro atoms. The minimum absolute atomic E-state index is 0.0208. The van der Waals surface area contributed by atoms with Crippen LogP contribution >= 0.6 is 0 Å². The van der Waals surface area contributed by atoms with Crippen molar-refractivity contribution >= 4 is 0 Å². The van der Waals surface area contributed by atoms with Gasteiger partial charge in [0, 0.05) is 0 Å². The maximum atomic E-state index is 11.0. The number of aliphatic hydroxyl groups is 1. The molecule has 0 bridgehead atoms. The number of hydroxylamine groups is 3. The second kappa shape index (κ2) is 3.15. The Morgan fingerprint density at radius 3 is 2.00 bits per heavy atom. The fourth-order valence-electron chi connectivity index (χ4n) is 0.765. The van der Waals surface area contributed by atoms with E-state index >= 15 is 0 Å². The molecule has 0 saturated carbocycles. The highest BCUT2D eigenvalue weighted by Crippen LogP contribution is 2.06. The van der Waals surface area contributed by atoms with E-state index in [9.17, 15) is 5.21 Å². The summed E-state index contributed by atoms with van der Waals surface area (Å²) in [6.45, 7) is 1.88. The lowest BCUT2D eigenvalue weighted by Gasteiger charge is -2.40. The molecule has 1 unspecified atom stereocenters. The Bertz CT molecular complexity index is 73.6. The van der Waals surface area contributed by atoms with Gasteiger partial charge in [-0.05, 0) is 6.42 Å². The number of aliphatic hydroxyl groups excluding tert-OH is 1. The summed E-state index contributed by atoms with van der Waals surface area (Å²) >= 11 is 0.